The number of rotatable bonds is 3. The lowest BCUT2D eigenvalue weighted by Crippen LogP contribution is -2.40. The molecule has 0 spiro atoms. The van der Waals surface area contributed by atoms with Crippen molar-refractivity contribution < 1.29 is 13.2 Å². The van der Waals surface area contributed by atoms with Crippen LogP contribution in [-0.2, 0) is 10.0 Å². The number of benzene rings is 2. The summed E-state index contributed by atoms with van der Waals surface area (Å²) in [6.45, 7) is 1.81. The number of hydrogen-bond acceptors (Lipinski definition) is 4. The average Bonchev–Trinajstić information content (AvgIpc) is 2.98. The molecule has 1 heterocycles. The molecule has 2 aromatic carbocycles. The van der Waals surface area contributed by atoms with Crippen molar-refractivity contribution >= 4 is 21.8 Å². The van der Waals surface area contributed by atoms with E-state index in [1.165, 1.54) is 17.1 Å². The van der Waals surface area contributed by atoms with Crippen LogP contribution in [0, 0.1) is 0 Å². The number of amides is 2. The quantitative estimate of drug-likeness (QED) is 0.930. The van der Waals surface area contributed by atoms with Gasteiger partial charge in [0.1, 0.15) is 0 Å². The maximum absolute atomic E-state index is 12.5. The predicted molar refractivity (Wildman–Crippen MR) is 90.9 cm³/mol. The van der Waals surface area contributed by atoms with Gasteiger partial charge in [0, 0.05) is 12.1 Å². The highest BCUT2D eigenvalue weighted by Gasteiger charge is 2.33. The van der Waals surface area contributed by atoms with Crippen molar-refractivity contribution in [3.8, 4) is 0 Å². The van der Waals surface area contributed by atoms with E-state index >= 15 is 0 Å². The predicted octanol–water partition coefficient (Wildman–Crippen LogP) is 2.91. The number of carbonyl (C=O) groups is 1. The van der Waals surface area contributed by atoms with Crippen molar-refractivity contribution in [3.05, 3.63) is 66.2 Å². The normalized spacial score (nSPS) is 17.5. The standard InChI is InChI=1S/C17H17N3O3S/c1-13-12-16(14-8-4-2-5-9-14)20(18-13)17(21)19-24(22,23)15-10-6-3-7-11-15/h2-11,16H,12H2,1H3,(H,19,21). The molecule has 1 atom stereocenters. The van der Waals surface area contributed by atoms with E-state index in [9.17, 15) is 13.2 Å². The van der Waals surface area contributed by atoms with Crippen molar-refractivity contribution in [2.75, 3.05) is 0 Å². The fourth-order valence-electron chi connectivity index (χ4n) is 2.60. The van der Waals surface area contributed by atoms with Gasteiger partial charge in [0.25, 0.3) is 10.0 Å². The van der Waals surface area contributed by atoms with Crippen LogP contribution in [0.25, 0.3) is 0 Å². The van der Waals surface area contributed by atoms with Crippen LogP contribution < -0.4 is 4.72 Å². The topological polar surface area (TPSA) is 78.8 Å². The van der Waals surface area contributed by atoms with E-state index < -0.39 is 16.1 Å². The van der Waals surface area contributed by atoms with E-state index in [0.717, 1.165) is 11.3 Å². The Kier molecular flexibility index (Phi) is 4.35. The van der Waals surface area contributed by atoms with Crippen LogP contribution in [0.15, 0.2) is 70.7 Å². The SMILES string of the molecule is CC1=NN(C(=O)NS(=O)(=O)c2ccccc2)C(c2ccccc2)C1. The van der Waals surface area contributed by atoms with E-state index in [1.54, 1.807) is 18.2 Å². The van der Waals surface area contributed by atoms with Crippen LogP contribution >= 0.6 is 0 Å². The van der Waals surface area contributed by atoms with Crippen molar-refractivity contribution in [1.29, 1.82) is 0 Å². The van der Waals surface area contributed by atoms with Gasteiger partial charge >= 0.3 is 6.03 Å². The van der Waals surface area contributed by atoms with Gasteiger partial charge in [0.05, 0.1) is 10.9 Å². The molecule has 124 valence electrons. The van der Waals surface area contributed by atoms with E-state index in [0.29, 0.717) is 6.42 Å². The first-order valence-corrected chi connectivity index (χ1v) is 8.96. The number of hydrazone groups is 1. The molecule has 1 unspecified atom stereocenters. The summed E-state index contributed by atoms with van der Waals surface area (Å²) in [4.78, 5) is 12.5. The van der Waals surface area contributed by atoms with Gasteiger partial charge in [-0.2, -0.15) is 5.10 Å². The first-order chi connectivity index (χ1) is 11.5. The maximum Gasteiger partial charge on any atom is 0.352 e. The highest BCUT2D eigenvalue weighted by Crippen LogP contribution is 2.30. The van der Waals surface area contributed by atoms with Crippen LogP contribution in [-0.4, -0.2) is 25.2 Å². The zero-order valence-electron chi connectivity index (χ0n) is 13.1. The summed E-state index contributed by atoms with van der Waals surface area (Å²) in [6.07, 6.45) is 0.572. The number of carbonyl (C=O) groups excluding carboxylic acids is 1. The molecule has 3 rings (SSSR count). The minimum absolute atomic E-state index is 0.0366. The Hall–Kier alpha value is -2.67. The molecule has 7 heteroatoms. The molecule has 2 amide bonds. The monoisotopic (exact) mass is 343 g/mol. The lowest BCUT2D eigenvalue weighted by Gasteiger charge is -2.22. The molecule has 2 aromatic rings. The molecule has 6 nitrogen and oxygen atoms in total. The van der Waals surface area contributed by atoms with Crippen LogP contribution in [0.4, 0.5) is 4.79 Å². The van der Waals surface area contributed by atoms with Crippen molar-refractivity contribution in [1.82, 2.24) is 9.73 Å². The van der Waals surface area contributed by atoms with Gasteiger partial charge in [-0.1, -0.05) is 48.5 Å². The molecule has 0 saturated heterocycles. The number of hydrogen-bond donors (Lipinski definition) is 1. The second-order valence-corrected chi connectivity index (χ2v) is 7.22. The Morgan fingerprint density at radius 2 is 1.67 bits per heavy atom. The summed E-state index contributed by atoms with van der Waals surface area (Å²) < 4.78 is 26.7. The lowest BCUT2D eigenvalue weighted by atomic mass is 10.0. The number of sulfonamides is 1. The smallest absolute Gasteiger partial charge is 0.245 e. The van der Waals surface area contributed by atoms with Crippen molar-refractivity contribution in [3.63, 3.8) is 0 Å². The van der Waals surface area contributed by atoms with E-state index in [4.69, 9.17) is 0 Å². The summed E-state index contributed by atoms with van der Waals surface area (Å²) in [6, 6.07) is 16.1. The Bertz CT molecular complexity index is 864. The third kappa shape index (κ3) is 3.30. The Morgan fingerprint density at radius 1 is 1.08 bits per heavy atom. The molecule has 1 aliphatic rings. The first-order valence-electron chi connectivity index (χ1n) is 7.47. The zero-order chi connectivity index (χ0) is 17.2. The van der Waals surface area contributed by atoms with E-state index in [1.807, 2.05) is 37.3 Å². The van der Waals surface area contributed by atoms with Crippen molar-refractivity contribution in [2.24, 2.45) is 5.10 Å². The minimum atomic E-state index is -3.93. The van der Waals surface area contributed by atoms with E-state index in [-0.39, 0.29) is 10.9 Å². The molecule has 0 bridgehead atoms. The highest BCUT2D eigenvalue weighted by molar-refractivity contribution is 7.90. The fraction of sp³-hybridized carbons (Fsp3) is 0.176. The minimum Gasteiger partial charge on any atom is -0.245 e. The Balaban J connectivity index is 1.83. The first kappa shape index (κ1) is 16.2. The van der Waals surface area contributed by atoms with Gasteiger partial charge < -0.3 is 0 Å². The number of nitrogens with one attached hydrogen (secondary N) is 1. The molecule has 1 aliphatic heterocycles. The Morgan fingerprint density at radius 3 is 2.29 bits per heavy atom. The summed E-state index contributed by atoms with van der Waals surface area (Å²) in [7, 11) is -3.93. The fourth-order valence-corrected chi connectivity index (χ4v) is 3.56. The number of nitrogens with zero attached hydrogens (tertiary/aromatic N) is 2. The largest absolute Gasteiger partial charge is 0.352 e. The number of urea groups is 1. The second-order valence-electron chi connectivity index (χ2n) is 5.53. The molecular weight excluding hydrogens is 326 g/mol. The summed E-state index contributed by atoms with van der Waals surface area (Å²) in [5, 5.41) is 5.40. The Labute approximate surface area is 140 Å². The van der Waals surface area contributed by atoms with Gasteiger partial charge in [0.15, 0.2) is 0 Å². The molecular formula is C17H17N3O3S. The van der Waals surface area contributed by atoms with Gasteiger partial charge in [-0.05, 0) is 24.6 Å². The van der Waals surface area contributed by atoms with E-state index in [2.05, 4.69) is 9.82 Å². The third-order valence-corrected chi connectivity index (χ3v) is 5.07. The highest BCUT2D eigenvalue weighted by atomic mass is 32.2. The average molecular weight is 343 g/mol. The molecule has 1 N–H and O–H groups in total. The zero-order valence-corrected chi connectivity index (χ0v) is 13.9. The van der Waals surface area contributed by atoms with Crippen molar-refractivity contribution in [2.45, 2.75) is 24.3 Å². The molecule has 0 aromatic heterocycles. The molecule has 24 heavy (non-hydrogen) atoms. The van der Waals surface area contributed by atoms with Crippen LogP contribution in [0.5, 0.6) is 0 Å². The molecule has 0 fully saturated rings. The van der Waals surface area contributed by atoms with Gasteiger partial charge in [-0.25, -0.2) is 22.9 Å². The third-order valence-electron chi connectivity index (χ3n) is 3.73. The second kappa shape index (κ2) is 6.45. The molecule has 0 saturated carbocycles. The van der Waals surface area contributed by atoms with Crippen LogP contribution in [0.3, 0.4) is 0 Å². The summed E-state index contributed by atoms with van der Waals surface area (Å²) >= 11 is 0. The molecule has 0 radical (unpaired) electrons. The van der Waals surface area contributed by atoms with Gasteiger partial charge in [-0.3, -0.25) is 0 Å². The van der Waals surface area contributed by atoms with Gasteiger partial charge in [0.2, 0.25) is 0 Å². The summed E-state index contributed by atoms with van der Waals surface area (Å²) in [5.74, 6) is 0. The van der Waals surface area contributed by atoms with Crippen LogP contribution in [0.1, 0.15) is 24.9 Å². The lowest BCUT2D eigenvalue weighted by molar-refractivity contribution is 0.192. The maximum atomic E-state index is 12.5. The van der Waals surface area contributed by atoms with Crippen LogP contribution in [0.2, 0.25) is 0 Å². The van der Waals surface area contributed by atoms with Gasteiger partial charge in [-0.15, -0.1) is 0 Å². The summed E-state index contributed by atoms with van der Waals surface area (Å²) in [5.41, 5.74) is 1.68. The molecule has 0 aliphatic carbocycles.